The fourth-order valence-corrected chi connectivity index (χ4v) is 3.07. The molecule has 0 aliphatic rings. The average molecular weight is 296 g/mol. The summed E-state index contributed by atoms with van der Waals surface area (Å²) in [7, 11) is 1.78. The van der Waals surface area contributed by atoms with E-state index in [1.165, 1.54) is 17.4 Å². The Hall–Kier alpha value is -1.33. The van der Waals surface area contributed by atoms with E-state index in [1.807, 2.05) is 5.38 Å². The Kier molecular flexibility index (Phi) is 4.20. The molecule has 0 spiro atoms. The Bertz CT molecular complexity index is 602. The van der Waals surface area contributed by atoms with E-state index >= 15 is 0 Å². The van der Waals surface area contributed by atoms with E-state index in [-0.39, 0.29) is 11.5 Å². The van der Waals surface area contributed by atoms with Gasteiger partial charge in [0.25, 0.3) is 0 Å². The van der Waals surface area contributed by atoms with Gasteiger partial charge in [-0.25, -0.2) is 13.8 Å². The zero-order chi connectivity index (χ0) is 14.9. The summed E-state index contributed by atoms with van der Waals surface area (Å²) in [5, 5.41) is 5.97. The molecule has 2 nitrogen and oxygen atoms in total. The molecule has 1 N–H and O–H groups in total. The maximum absolute atomic E-state index is 13.4. The molecule has 1 aromatic heterocycles. The number of rotatable bonds is 3. The second kappa shape index (κ2) is 5.58. The van der Waals surface area contributed by atoms with Crippen LogP contribution < -0.4 is 5.32 Å². The molecule has 0 aliphatic heterocycles. The summed E-state index contributed by atoms with van der Waals surface area (Å²) in [5.41, 5.74) is 1.64. The topological polar surface area (TPSA) is 24.9 Å². The third-order valence-electron chi connectivity index (χ3n) is 3.10. The van der Waals surface area contributed by atoms with Crippen molar-refractivity contribution >= 4 is 11.3 Å². The number of halogens is 2. The second-order valence-electron chi connectivity index (χ2n) is 5.72. The Morgan fingerprint density at radius 2 is 1.90 bits per heavy atom. The molecule has 0 saturated carbocycles. The molecule has 0 fully saturated rings. The standard InChI is InChI=1S/C15H18F2N2S/c1-15(2,3)12-8-20-14(19-12)13(18-4)9-5-6-10(16)11(17)7-9/h5-8,13,18H,1-4H3. The summed E-state index contributed by atoms with van der Waals surface area (Å²) in [6, 6.07) is 3.71. The van der Waals surface area contributed by atoms with Gasteiger partial charge in [0.15, 0.2) is 11.6 Å². The van der Waals surface area contributed by atoms with Gasteiger partial charge in [-0.15, -0.1) is 11.3 Å². The minimum Gasteiger partial charge on any atom is -0.307 e. The molecule has 1 atom stereocenters. The van der Waals surface area contributed by atoms with Crippen LogP contribution in [0.25, 0.3) is 0 Å². The lowest BCUT2D eigenvalue weighted by molar-refractivity contribution is 0.504. The van der Waals surface area contributed by atoms with Crippen LogP contribution in [0.4, 0.5) is 8.78 Å². The summed E-state index contributed by atoms with van der Waals surface area (Å²) < 4.78 is 26.4. The Morgan fingerprint density at radius 3 is 2.40 bits per heavy atom. The molecule has 2 rings (SSSR count). The van der Waals surface area contributed by atoms with Crippen LogP contribution in [0.15, 0.2) is 23.6 Å². The van der Waals surface area contributed by atoms with Crippen LogP contribution in [0.1, 0.15) is 43.1 Å². The van der Waals surface area contributed by atoms with Crippen molar-refractivity contribution in [2.75, 3.05) is 7.05 Å². The van der Waals surface area contributed by atoms with E-state index in [0.717, 1.165) is 16.8 Å². The van der Waals surface area contributed by atoms with Gasteiger partial charge in [-0.2, -0.15) is 0 Å². The van der Waals surface area contributed by atoms with Gasteiger partial charge in [-0.05, 0) is 24.7 Å². The maximum Gasteiger partial charge on any atom is 0.159 e. The Balaban J connectivity index is 2.37. The molecule has 0 aliphatic carbocycles. The van der Waals surface area contributed by atoms with E-state index in [1.54, 1.807) is 13.1 Å². The van der Waals surface area contributed by atoms with Crippen molar-refractivity contribution in [1.29, 1.82) is 0 Å². The van der Waals surface area contributed by atoms with Gasteiger partial charge >= 0.3 is 0 Å². The number of aromatic nitrogens is 1. The van der Waals surface area contributed by atoms with Crippen LogP contribution >= 0.6 is 11.3 Å². The molecule has 5 heteroatoms. The van der Waals surface area contributed by atoms with Gasteiger partial charge < -0.3 is 5.32 Å². The third kappa shape index (κ3) is 3.04. The predicted octanol–water partition coefficient (Wildman–Crippen LogP) is 4.03. The Morgan fingerprint density at radius 1 is 1.20 bits per heavy atom. The molecule has 20 heavy (non-hydrogen) atoms. The molecule has 1 unspecified atom stereocenters. The monoisotopic (exact) mass is 296 g/mol. The zero-order valence-corrected chi connectivity index (χ0v) is 12.8. The Labute approximate surface area is 121 Å². The molecule has 1 aromatic carbocycles. The van der Waals surface area contributed by atoms with Crippen molar-refractivity contribution in [1.82, 2.24) is 10.3 Å². The molecular weight excluding hydrogens is 278 g/mol. The lowest BCUT2D eigenvalue weighted by Crippen LogP contribution is -2.19. The van der Waals surface area contributed by atoms with Crippen molar-refractivity contribution in [3.05, 3.63) is 51.5 Å². The quantitative estimate of drug-likeness (QED) is 0.925. The minimum atomic E-state index is -0.838. The van der Waals surface area contributed by atoms with Gasteiger partial charge in [0.2, 0.25) is 0 Å². The first kappa shape index (κ1) is 15.1. The first-order valence-corrected chi connectivity index (χ1v) is 7.29. The van der Waals surface area contributed by atoms with E-state index in [4.69, 9.17) is 0 Å². The highest BCUT2D eigenvalue weighted by Gasteiger charge is 2.22. The molecule has 2 aromatic rings. The molecule has 108 valence electrons. The van der Waals surface area contributed by atoms with Crippen LogP contribution in [0, 0.1) is 11.6 Å². The molecule has 0 bridgehead atoms. The fraction of sp³-hybridized carbons (Fsp3) is 0.400. The molecule has 1 heterocycles. The summed E-state index contributed by atoms with van der Waals surface area (Å²) in [6.45, 7) is 6.29. The maximum atomic E-state index is 13.4. The van der Waals surface area contributed by atoms with Crippen molar-refractivity contribution in [3.63, 3.8) is 0 Å². The van der Waals surface area contributed by atoms with Gasteiger partial charge in [0, 0.05) is 10.8 Å². The number of nitrogens with one attached hydrogen (secondary N) is 1. The van der Waals surface area contributed by atoms with Gasteiger partial charge in [-0.1, -0.05) is 26.8 Å². The lowest BCUT2D eigenvalue weighted by atomic mass is 9.93. The largest absolute Gasteiger partial charge is 0.307 e. The van der Waals surface area contributed by atoms with Crippen molar-refractivity contribution in [2.45, 2.75) is 32.2 Å². The molecular formula is C15H18F2N2S. The van der Waals surface area contributed by atoms with Crippen molar-refractivity contribution < 1.29 is 8.78 Å². The zero-order valence-electron chi connectivity index (χ0n) is 12.0. The SMILES string of the molecule is CNC(c1ccc(F)c(F)c1)c1nc(C(C)(C)C)cs1. The number of benzene rings is 1. The molecule has 0 saturated heterocycles. The van der Waals surface area contributed by atoms with Gasteiger partial charge in [0.1, 0.15) is 5.01 Å². The number of hydrogen-bond acceptors (Lipinski definition) is 3. The highest BCUT2D eigenvalue weighted by molar-refractivity contribution is 7.09. The summed E-state index contributed by atoms with van der Waals surface area (Å²) in [5.74, 6) is -1.67. The smallest absolute Gasteiger partial charge is 0.159 e. The number of hydrogen-bond donors (Lipinski definition) is 1. The summed E-state index contributed by atoms with van der Waals surface area (Å²) in [6.07, 6.45) is 0. The van der Waals surface area contributed by atoms with Crippen LogP contribution in [-0.2, 0) is 5.41 Å². The van der Waals surface area contributed by atoms with Gasteiger partial charge in [-0.3, -0.25) is 0 Å². The van der Waals surface area contributed by atoms with Crippen LogP contribution in [-0.4, -0.2) is 12.0 Å². The van der Waals surface area contributed by atoms with E-state index in [0.29, 0.717) is 5.56 Å². The predicted molar refractivity (Wildman–Crippen MR) is 78.1 cm³/mol. The summed E-state index contributed by atoms with van der Waals surface area (Å²) >= 11 is 1.52. The van der Waals surface area contributed by atoms with E-state index in [9.17, 15) is 8.78 Å². The average Bonchev–Trinajstić information content (AvgIpc) is 2.84. The number of thiazole rings is 1. The van der Waals surface area contributed by atoms with Gasteiger partial charge in [0.05, 0.1) is 11.7 Å². The van der Waals surface area contributed by atoms with Crippen LogP contribution in [0.2, 0.25) is 0 Å². The normalized spacial score (nSPS) is 13.5. The van der Waals surface area contributed by atoms with Crippen LogP contribution in [0.5, 0.6) is 0 Å². The highest BCUT2D eigenvalue weighted by Crippen LogP contribution is 2.30. The highest BCUT2D eigenvalue weighted by atomic mass is 32.1. The second-order valence-corrected chi connectivity index (χ2v) is 6.61. The van der Waals surface area contributed by atoms with Crippen LogP contribution in [0.3, 0.4) is 0 Å². The van der Waals surface area contributed by atoms with Crippen molar-refractivity contribution in [3.8, 4) is 0 Å². The number of nitrogens with zero attached hydrogens (tertiary/aromatic N) is 1. The lowest BCUT2D eigenvalue weighted by Gasteiger charge is -2.16. The minimum absolute atomic E-state index is 0.0267. The van der Waals surface area contributed by atoms with E-state index in [2.05, 4.69) is 31.1 Å². The summed E-state index contributed by atoms with van der Waals surface area (Å²) in [4.78, 5) is 4.62. The fourth-order valence-electron chi connectivity index (χ4n) is 1.89. The first-order chi connectivity index (χ1) is 9.32. The molecule has 0 amide bonds. The van der Waals surface area contributed by atoms with Crippen molar-refractivity contribution in [2.24, 2.45) is 0 Å². The van der Waals surface area contributed by atoms with E-state index < -0.39 is 11.6 Å². The first-order valence-electron chi connectivity index (χ1n) is 6.41. The third-order valence-corrected chi connectivity index (χ3v) is 4.01. The molecule has 0 radical (unpaired) electrons.